The standard InChI is InChI=1S/C17H12Cl3NS2/c18-12-2-1-3-14(8-12)22-9-13-10-23-17(21-13)7-11-4-5-15(19)16(20)6-11/h1-6,8,10H,7,9H2. The van der Waals surface area contributed by atoms with Crippen LogP contribution < -0.4 is 0 Å². The number of hydrogen-bond donors (Lipinski definition) is 0. The van der Waals surface area contributed by atoms with Crippen LogP contribution in [0, 0.1) is 0 Å². The van der Waals surface area contributed by atoms with Crippen LogP contribution in [0.4, 0.5) is 0 Å². The summed E-state index contributed by atoms with van der Waals surface area (Å²) in [6.45, 7) is 0. The van der Waals surface area contributed by atoms with Crippen LogP contribution in [0.15, 0.2) is 52.7 Å². The molecular weight excluding hydrogens is 389 g/mol. The van der Waals surface area contributed by atoms with E-state index >= 15 is 0 Å². The van der Waals surface area contributed by atoms with Gasteiger partial charge in [0.2, 0.25) is 0 Å². The van der Waals surface area contributed by atoms with Crippen LogP contribution >= 0.6 is 57.9 Å². The van der Waals surface area contributed by atoms with Gasteiger partial charge in [0.1, 0.15) is 0 Å². The van der Waals surface area contributed by atoms with Gasteiger partial charge in [-0.15, -0.1) is 23.1 Å². The molecule has 0 saturated heterocycles. The molecule has 2 aromatic carbocycles. The molecule has 0 radical (unpaired) electrons. The molecule has 0 aliphatic rings. The Kier molecular flexibility index (Phi) is 5.89. The highest BCUT2D eigenvalue weighted by Gasteiger charge is 2.06. The van der Waals surface area contributed by atoms with Crippen LogP contribution in [-0.4, -0.2) is 4.98 Å². The van der Waals surface area contributed by atoms with Crippen LogP contribution in [0.3, 0.4) is 0 Å². The lowest BCUT2D eigenvalue weighted by Gasteiger charge is -2.01. The van der Waals surface area contributed by atoms with E-state index in [9.17, 15) is 0 Å². The zero-order valence-electron chi connectivity index (χ0n) is 11.9. The Bertz CT molecular complexity index is 817. The van der Waals surface area contributed by atoms with Crippen molar-refractivity contribution in [2.45, 2.75) is 17.1 Å². The summed E-state index contributed by atoms with van der Waals surface area (Å²) in [4.78, 5) is 5.83. The number of benzene rings is 2. The number of halogens is 3. The lowest BCUT2D eigenvalue weighted by Crippen LogP contribution is -1.89. The topological polar surface area (TPSA) is 12.9 Å². The third-order valence-corrected chi connectivity index (χ3v) is 6.02. The number of nitrogens with zero attached hydrogens (tertiary/aromatic N) is 1. The van der Waals surface area contributed by atoms with Gasteiger partial charge in [-0.3, -0.25) is 0 Å². The van der Waals surface area contributed by atoms with Crippen molar-refractivity contribution in [2.24, 2.45) is 0 Å². The molecule has 0 atom stereocenters. The highest BCUT2D eigenvalue weighted by molar-refractivity contribution is 7.98. The van der Waals surface area contributed by atoms with E-state index in [1.165, 1.54) is 0 Å². The molecule has 0 aliphatic carbocycles. The summed E-state index contributed by atoms with van der Waals surface area (Å²) in [5.41, 5.74) is 2.19. The first-order chi connectivity index (χ1) is 11.1. The van der Waals surface area contributed by atoms with E-state index in [-0.39, 0.29) is 0 Å². The fourth-order valence-electron chi connectivity index (χ4n) is 2.03. The molecule has 6 heteroatoms. The Morgan fingerprint density at radius 1 is 1.00 bits per heavy atom. The van der Waals surface area contributed by atoms with E-state index in [0.29, 0.717) is 10.0 Å². The third-order valence-electron chi connectivity index (χ3n) is 3.12. The first-order valence-corrected chi connectivity index (χ1v) is 9.85. The molecule has 118 valence electrons. The summed E-state index contributed by atoms with van der Waals surface area (Å²) >= 11 is 21.4. The van der Waals surface area contributed by atoms with Gasteiger partial charge in [0.15, 0.2) is 0 Å². The first-order valence-electron chi connectivity index (χ1n) is 6.86. The quantitative estimate of drug-likeness (QED) is 0.428. The molecule has 1 aromatic heterocycles. The minimum Gasteiger partial charge on any atom is -0.245 e. The molecule has 0 amide bonds. The SMILES string of the molecule is Clc1cccc(SCc2csc(Cc3ccc(Cl)c(Cl)c3)n2)c1. The minimum atomic E-state index is 0.577. The van der Waals surface area contributed by atoms with Crippen LogP contribution in [0.5, 0.6) is 0 Å². The van der Waals surface area contributed by atoms with Crippen LogP contribution in [-0.2, 0) is 12.2 Å². The molecule has 3 aromatic rings. The van der Waals surface area contributed by atoms with Gasteiger partial charge in [-0.1, -0.05) is 46.9 Å². The van der Waals surface area contributed by atoms with Crippen molar-refractivity contribution in [3.8, 4) is 0 Å². The normalized spacial score (nSPS) is 10.9. The zero-order chi connectivity index (χ0) is 16.2. The fraction of sp³-hybridized carbons (Fsp3) is 0.118. The van der Waals surface area contributed by atoms with E-state index in [1.54, 1.807) is 23.1 Å². The van der Waals surface area contributed by atoms with E-state index in [1.807, 2.05) is 36.4 Å². The van der Waals surface area contributed by atoms with Crippen molar-refractivity contribution in [2.75, 3.05) is 0 Å². The van der Waals surface area contributed by atoms with Crippen LogP contribution in [0.2, 0.25) is 15.1 Å². The van der Waals surface area contributed by atoms with Gasteiger partial charge >= 0.3 is 0 Å². The predicted octanol–water partition coefficient (Wildman–Crippen LogP) is 6.99. The van der Waals surface area contributed by atoms with Gasteiger partial charge in [0.05, 0.1) is 20.7 Å². The number of thioether (sulfide) groups is 1. The second kappa shape index (κ2) is 7.91. The summed E-state index contributed by atoms with van der Waals surface area (Å²) in [5.74, 6) is 0.832. The summed E-state index contributed by atoms with van der Waals surface area (Å²) in [5, 5.41) is 5.09. The molecule has 3 rings (SSSR count). The van der Waals surface area contributed by atoms with Crippen molar-refractivity contribution in [3.05, 3.63) is 79.2 Å². The van der Waals surface area contributed by atoms with E-state index in [0.717, 1.165) is 38.4 Å². The molecular formula is C17H12Cl3NS2. The van der Waals surface area contributed by atoms with Crippen molar-refractivity contribution < 1.29 is 0 Å². The number of thiazole rings is 1. The van der Waals surface area contributed by atoms with Gasteiger partial charge in [-0.05, 0) is 35.9 Å². The van der Waals surface area contributed by atoms with Crippen molar-refractivity contribution in [1.29, 1.82) is 0 Å². The molecule has 0 unspecified atom stereocenters. The molecule has 0 saturated carbocycles. The summed E-state index contributed by atoms with van der Waals surface area (Å²) < 4.78 is 0. The Balaban J connectivity index is 1.62. The summed E-state index contributed by atoms with van der Waals surface area (Å²) in [7, 11) is 0. The first kappa shape index (κ1) is 17.1. The molecule has 0 aliphatic heterocycles. The lowest BCUT2D eigenvalue weighted by molar-refractivity contribution is 1.09. The second-order valence-corrected chi connectivity index (χ2v) is 8.15. The highest BCUT2D eigenvalue weighted by atomic mass is 35.5. The van der Waals surface area contributed by atoms with E-state index < -0.39 is 0 Å². The molecule has 0 bridgehead atoms. The molecule has 1 nitrogen and oxygen atoms in total. The van der Waals surface area contributed by atoms with E-state index in [4.69, 9.17) is 34.8 Å². The van der Waals surface area contributed by atoms with Gasteiger partial charge in [0.25, 0.3) is 0 Å². The maximum atomic E-state index is 6.05. The highest BCUT2D eigenvalue weighted by Crippen LogP contribution is 2.27. The Morgan fingerprint density at radius 3 is 2.65 bits per heavy atom. The monoisotopic (exact) mass is 399 g/mol. The van der Waals surface area contributed by atoms with Crippen LogP contribution in [0.1, 0.15) is 16.3 Å². The number of aromatic nitrogens is 1. The van der Waals surface area contributed by atoms with Gasteiger partial charge in [-0.25, -0.2) is 4.98 Å². The molecule has 0 fully saturated rings. The average Bonchev–Trinajstić information content (AvgIpc) is 2.97. The predicted molar refractivity (Wildman–Crippen MR) is 102 cm³/mol. The Hall–Kier alpha value is -0.710. The van der Waals surface area contributed by atoms with Gasteiger partial charge in [-0.2, -0.15) is 0 Å². The van der Waals surface area contributed by atoms with Gasteiger partial charge < -0.3 is 0 Å². The van der Waals surface area contributed by atoms with Crippen molar-refractivity contribution >= 4 is 57.9 Å². The van der Waals surface area contributed by atoms with Gasteiger partial charge in [0, 0.05) is 27.5 Å². The summed E-state index contributed by atoms with van der Waals surface area (Å²) in [6.07, 6.45) is 0.767. The maximum Gasteiger partial charge on any atom is 0.0972 e. The third kappa shape index (κ3) is 4.88. The smallest absolute Gasteiger partial charge is 0.0972 e. The van der Waals surface area contributed by atoms with Crippen molar-refractivity contribution in [1.82, 2.24) is 4.98 Å². The largest absolute Gasteiger partial charge is 0.245 e. The maximum absolute atomic E-state index is 6.05. The molecule has 23 heavy (non-hydrogen) atoms. The second-order valence-electron chi connectivity index (χ2n) is 4.90. The molecule has 0 N–H and O–H groups in total. The number of hydrogen-bond acceptors (Lipinski definition) is 3. The molecule has 1 heterocycles. The van der Waals surface area contributed by atoms with Crippen molar-refractivity contribution in [3.63, 3.8) is 0 Å². The van der Waals surface area contributed by atoms with Crippen LogP contribution in [0.25, 0.3) is 0 Å². The molecule has 0 spiro atoms. The number of rotatable bonds is 5. The Morgan fingerprint density at radius 2 is 1.87 bits per heavy atom. The zero-order valence-corrected chi connectivity index (χ0v) is 15.8. The Labute approximate surface area is 158 Å². The van der Waals surface area contributed by atoms with E-state index in [2.05, 4.69) is 16.4 Å². The summed E-state index contributed by atoms with van der Waals surface area (Å²) in [6, 6.07) is 13.6. The lowest BCUT2D eigenvalue weighted by atomic mass is 10.2. The minimum absolute atomic E-state index is 0.577. The average molecular weight is 401 g/mol. The fourth-order valence-corrected chi connectivity index (χ4v) is 4.39.